The molecule has 9 heteroatoms. The Labute approximate surface area is 205 Å². The molecule has 0 saturated carbocycles. The maximum Gasteiger partial charge on any atom is 0.238 e. The number of rotatable bonds is 6. The molecule has 4 rings (SSSR count). The van der Waals surface area contributed by atoms with Crippen LogP contribution in [-0.2, 0) is 16.1 Å². The third-order valence-corrected chi connectivity index (χ3v) is 6.53. The summed E-state index contributed by atoms with van der Waals surface area (Å²) in [6, 6.07) is 19.8. The van der Waals surface area contributed by atoms with Crippen molar-refractivity contribution in [3.05, 3.63) is 89.2 Å². The maximum absolute atomic E-state index is 13.3. The number of anilines is 1. The highest BCUT2D eigenvalue weighted by molar-refractivity contribution is 8.15. The molecule has 0 aliphatic carbocycles. The quantitative estimate of drug-likeness (QED) is 0.478. The molecule has 1 aliphatic rings. The molecule has 0 spiro atoms. The van der Waals surface area contributed by atoms with Crippen molar-refractivity contribution in [2.45, 2.75) is 18.2 Å². The summed E-state index contributed by atoms with van der Waals surface area (Å²) in [5, 5.41) is 3.14. The Morgan fingerprint density at radius 3 is 2.44 bits per heavy atom. The number of nitrogens with one attached hydrogen (secondary N) is 1. The first-order chi connectivity index (χ1) is 16.4. The van der Waals surface area contributed by atoms with Gasteiger partial charge in [-0.05, 0) is 66.2 Å². The highest BCUT2D eigenvalue weighted by atomic mass is 35.5. The van der Waals surface area contributed by atoms with Crippen LogP contribution in [0.2, 0.25) is 5.02 Å². The molecule has 3 aromatic carbocycles. The number of halogens is 2. The Kier molecular flexibility index (Phi) is 7.49. The average molecular weight is 498 g/mol. The number of carbonyl (C=O) groups is 2. The minimum atomic E-state index is -0.662. The second-order valence-electron chi connectivity index (χ2n) is 7.51. The fourth-order valence-electron chi connectivity index (χ4n) is 3.29. The lowest BCUT2D eigenvalue weighted by Crippen LogP contribution is -2.44. The van der Waals surface area contributed by atoms with Gasteiger partial charge in [-0.2, -0.15) is 0 Å². The highest BCUT2D eigenvalue weighted by Crippen LogP contribution is 2.31. The molecular formula is C25H21ClFN3O3S. The van der Waals surface area contributed by atoms with Gasteiger partial charge in [0.15, 0.2) is 5.17 Å². The summed E-state index contributed by atoms with van der Waals surface area (Å²) in [7, 11) is 1.57. The third kappa shape index (κ3) is 5.95. The van der Waals surface area contributed by atoms with Crippen LogP contribution in [-0.4, -0.2) is 34.2 Å². The van der Waals surface area contributed by atoms with E-state index in [0.29, 0.717) is 27.3 Å². The molecule has 34 heavy (non-hydrogen) atoms. The summed E-state index contributed by atoms with van der Waals surface area (Å²) in [4.78, 5) is 32.2. The van der Waals surface area contributed by atoms with E-state index in [2.05, 4.69) is 10.3 Å². The number of amides is 2. The lowest BCUT2D eigenvalue weighted by Gasteiger charge is -2.32. The summed E-state index contributed by atoms with van der Waals surface area (Å²) < 4.78 is 18.5. The molecule has 1 N–H and O–H groups in total. The van der Waals surface area contributed by atoms with Crippen LogP contribution in [0.3, 0.4) is 0 Å². The number of benzene rings is 3. The van der Waals surface area contributed by atoms with E-state index in [-0.39, 0.29) is 30.6 Å². The van der Waals surface area contributed by atoms with Crippen LogP contribution >= 0.6 is 23.4 Å². The number of hydrogen-bond donors (Lipinski definition) is 1. The van der Waals surface area contributed by atoms with Gasteiger partial charge in [0, 0.05) is 17.1 Å². The van der Waals surface area contributed by atoms with Gasteiger partial charge >= 0.3 is 0 Å². The number of ether oxygens (including phenoxy) is 1. The SMILES string of the molecule is COc1ccc(NC(=O)C2CC(=O)N(Cc3ccc(F)cc3)C(=Nc3ccc(Cl)cc3)S2)cc1. The number of methoxy groups -OCH3 is 1. The zero-order valence-electron chi connectivity index (χ0n) is 18.2. The van der Waals surface area contributed by atoms with Crippen LogP contribution in [0.5, 0.6) is 5.75 Å². The number of carbonyl (C=O) groups excluding carboxylic acids is 2. The molecule has 174 valence electrons. The van der Waals surface area contributed by atoms with Gasteiger partial charge in [0.05, 0.1) is 19.3 Å². The van der Waals surface area contributed by atoms with Gasteiger partial charge < -0.3 is 10.1 Å². The molecule has 2 amide bonds. The molecule has 1 fully saturated rings. The molecule has 3 aromatic rings. The molecule has 0 bridgehead atoms. The molecule has 1 heterocycles. The topological polar surface area (TPSA) is 71.0 Å². The maximum atomic E-state index is 13.3. The standard InChI is InChI=1S/C25H21ClFN3O3S/c1-33-21-12-10-19(11-13-21)28-24(32)22-14-23(31)30(15-16-2-6-18(27)7-3-16)25(34-22)29-20-8-4-17(26)5-9-20/h2-13,22H,14-15H2,1H3,(H,28,32). The normalized spacial score (nSPS) is 17.0. The van der Waals surface area contributed by atoms with Gasteiger partial charge in [-0.15, -0.1) is 0 Å². The van der Waals surface area contributed by atoms with Crippen LogP contribution < -0.4 is 10.1 Å². The highest BCUT2D eigenvalue weighted by Gasteiger charge is 2.36. The van der Waals surface area contributed by atoms with Crippen molar-refractivity contribution in [1.82, 2.24) is 4.90 Å². The van der Waals surface area contributed by atoms with Gasteiger partial charge in [0.1, 0.15) is 16.8 Å². The number of amidine groups is 1. The van der Waals surface area contributed by atoms with E-state index in [1.54, 1.807) is 67.8 Å². The average Bonchev–Trinajstić information content (AvgIpc) is 2.84. The lowest BCUT2D eigenvalue weighted by atomic mass is 10.2. The molecule has 1 atom stereocenters. The first-order valence-corrected chi connectivity index (χ1v) is 11.7. The first kappa shape index (κ1) is 23.8. The van der Waals surface area contributed by atoms with E-state index in [0.717, 1.165) is 5.56 Å². The van der Waals surface area contributed by atoms with E-state index in [9.17, 15) is 14.0 Å². The number of nitrogens with zero attached hydrogens (tertiary/aromatic N) is 2. The van der Waals surface area contributed by atoms with Crippen molar-refractivity contribution in [2.75, 3.05) is 12.4 Å². The smallest absolute Gasteiger partial charge is 0.238 e. The van der Waals surface area contributed by atoms with Crippen molar-refractivity contribution >= 4 is 51.7 Å². The van der Waals surface area contributed by atoms with E-state index in [1.807, 2.05) is 0 Å². The first-order valence-electron chi connectivity index (χ1n) is 10.4. The van der Waals surface area contributed by atoms with Crippen molar-refractivity contribution in [2.24, 2.45) is 4.99 Å². The fourth-order valence-corrected chi connectivity index (χ4v) is 4.52. The molecule has 1 saturated heterocycles. The zero-order valence-corrected chi connectivity index (χ0v) is 19.8. The minimum Gasteiger partial charge on any atom is -0.497 e. The van der Waals surface area contributed by atoms with E-state index in [4.69, 9.17) is 16.3 Å². The zero-order chi connectivity index (χ0) is 24.1. The van der Waals surface area contributed by atoms with E-state index >= 15 is 0 Å². The Morgan fingerprint density at radius 1 is 1.12 bits per heavy atom. The molecule has 1 unspecified atom stereocenters. The van der Waals surface area contributed by atoms with Gasteiger partial charge in [0.2, 0.25) is 11.8 Å². The van der Waals surface area contributed by atoms with Crippen LogP contribution in [0, 0.1) is 5.82 Å². The van der Waals surface area contributed by atoms with Gasteiger partial charge in [-0.1, -0.05) is 35.5 Å². The van der Waals surface area contributed by atoms with E-state index in [1.165, 1.54) is 28.8 Å². The molecule has 0 aromatic heterocycles. The summed E-state index contributed by atoms with van der Waals surface area (Å²) in [5.41, 5.74) is 1.95. The van der Waals surface area contributed by atoms with Crippen molar-refractivity contribution in [3.63, 3.8) is 0 Å². The van der Waals surface area contributed by atoms with Crippen molar-refractivity contribution < 1.29 is 18.7 Å². The van der Waals surface area contributed by atoms with Crippen LogP contribution in [0.15, 0.2) is 77.8 Å². The van der Waals surface area contributed by atoms with Gasteiger partial charge in [0.25, 0.3) is 0 Å². The van der Waals surface area contributed by atoms with E-state index < -0.39 is 5.25 Å². The lowest BCUT2D eigenvalue weighted by molar-refractivity contribution is -0.129. The van der Waals surface area contributed by atoms with Crippen molar-refractivity contribution in [1.29, 1.82) is 0 Å². The predicted octanol–water partition coefficient (Wildman–Crippen LogP) is 5.65. The Morgan fingerprint density at radius 2 is 1.79 bits per heavy atom. The number of hydrogen-bond acceptors (Lipinski definition) is 5. The minimum absolute atomic E-state index is 0.00743. The molecule has 6 nitrogen and oxygen atoms in total. The Balaban J connectivity index is 1.57. The number of thioether (sulfide) groups is 1. The molecule has 0 radical (unpaired) electrons. The second kappa shape index (κ2) is 10.7. The van der Waals surface area contributed by atoms with Crippen molar-refractivity contribution in [3.8, 4) is 5.75 Å². The Hall–Kier alpha value is -3.36. The summed E-state index contributed by atoms with van der Waals surface area (Å²) in [5.74, 6) is -0.220. The monoisotopic (exact) mass is 497 g/mol. The van der Waals surface area contributed by atoms with Gasteiger partial charge in [-0.25, -0.2) is 9.38 Å². The largest absolute Gasteiger partial charge is 0.497 e. The van der Waals surface area contributed by atoms with Crippen LogP contribution in [0.25, 0.3) is 0 Å². The molecule has 1 aliphatic heterocycles. The van der Waals surface area contributed by atoms with Crippen LogP contribution in [0.1, 0.15) is 12.0 Å². The summed E-state index contributed by atoms with van der Waals surface area (Å²) in [6.45, 7) is 0.214. The predicted molar refractivity (Wildman–Crippen MR) is 133 cm³/mol. The summed E-state index contributed by atoms with van der Waals surface area (Å²) >= 11 is 7.19. The third-order valence-electron chi connectivity index (χ3n) is 5.09. The fraction of sp³-hybridized carbons (Fsp3) is 0.160. The van der Waals surface area contributed by atoms with Gasteiger partial charge in [-0.3, -0.25) is 14.5 Å². The second-order valence-corrected chi connectivity index (χ2v) is 9.11. The summed E-state index contributed by atoms with van der Waals surface area (Å²) in [6.07, 6.45) is 0.00743. The van der Waals surface area contributed by atoms with Crippen LogP contribution in [0.4, 0.5) is 15.8 Å². The molecular weight excluding hydrogens is 477 g/mol. The Bertz CT molecular complexity index is 1200. The number of aliphatic imine (C=N–C) groups is 1.